The Hall–Kier alpha value is -2.21. The lowest BCUT2D eigenvalue weighted by Gasteiger charge is -2.05. The van der Waals surface area contributed by atoms with E-state index in [1.165, 1.54) is 12.4 Å². The molecule has 2 heterocycles. The maximum Gasteiger partial charge on any atom is 0.228 e. The molecule has 0 aliphatic rings. The summed E-state index contributed by atoms with van der Waals surface area (Å²) in [6.45, 7) is 0. The van der Waals surface area contributed by atoms with E-state index in [0.717, 1.165) is 5.56 Å². The summed E-state index contributed by atoms with van der Waals surface area (Å²) in [5, 5.41) is 2.98. The Kier molecular flexibility index (Phi) is 3.70. The molecule has 21 heavy (non-hydrogen) atoms. The fourth-order valence-corrected chi connectivity index (χ4v) is 2.41. The lowest BCUT2D eigenvalue weighted by molar-refractivity contribution is -0.115. The summed E-state index contributed by atoms with van der Waals surface area (Å²) < 4.78 is 14.4. The highest BCUT2D eigenvalue weighted by Gasteiger charge is 2.15. The van der Waals surface area contributed by atoms with Gasteiger partial charge in [-0.05, 0) is 21.5 Å². The second kappa shape index (κ2) is 5.65. The third-order valence-corrected chi connectivity index (χ3v) is 3.63. The zero-order chi connectivity index (χ0) is 14.8. The molecule has 0 aliphatic carbocycles. The normalized spacial score (nSPS) is 10.8. The molecule has 6 heteroatoms. The molecule has 0 unspecified atom stereocenters. The molecule has 0 bridgehead atoms. The number of hydrogen-bond acceptors (Lipinski definition) is 2. The van der Waals surface area contributed by atoms with Crippen molar-refractivity contribution < 1.29 is 9.18 Å². The minimum absolute atomic E-state index is 0.207. The highest BCUT2D eigenvalue weighted by molar-refractivity contribution is 9.10. The quantitative estimate of drug-likeness (QED) is 0.759. The molecular weight excluding hydrogens is 337 g/mol. The summed E-state index contributed by atoms with van der Waals surface area (Å²) in [6, 6.07) is 9.37. The molecule has 3 aromatic rings. The molecule has 0 radical (unpaired) electrons. The summed E-state index contributed by atoms with van der Waals surface area (Å²) in [5.41, 5.74) is 1.68. The van der Waals surface area contributed by atoms with Gasteiger partial charge in [-0.3, -0.25) is 4.79 Å². The smallest absolute Gasteiger partial charge is 0.228 e. The number of anilines is 1. The van der Waals surface area contributed by atoms with Crippen LogP contribution in [0.4, 0.5) is 10.1 Å². The Bertz CT molecular complexity index is 801. The van der Waals surface area contributed by atoms with E-state index in [9.17, 15) is 9.18 Å². The van der Waals surface area contributed by atoms with Gasteiger partial charge in [0.2, 0.25) is 5.91 Å². The Balaban J connectivity index is 1.85. The van der Waals surface area contributed by atoms with Crippen LogP contribution in [0.15, 0.2) is 47.2 Å². The number of nitrogens with zero attached hydrogens (tertiary/aromatic N) is 1. The number of fused-ring (bicyclic) bond motifs is 1. The van der Waals surface area contributed by atoms with E-state index >= 15 is 0 Å². The molecule has 0 aliphatic heterocycles. The van der Waals surface area contributed by atoms with Crippen molar-refractivity contribution in [3.8, 4) is 0 Å². The van der Waals surface area contributed by atoms with Crippen LogP contribution in [0.2, 0.25) is 0 Å². The predicted octanol–water partition coefficient (Wildman–Crippen LogP) is 3.65. The van der Waals surface area contributed by atoms with Gasteiger partial charge in [0.15, 0.2) is 5.82 Å². The molecule has 2 aromatic heterocycles. The number of carbonyl (C=O) groups is 1. The predicted molar refractivity (Wildman–Crippen MR) is 82.5 cm³/mol. The molecule has 2 N–H and O–H groups in total. The number of pyridine rings is 1. The monoisotopic (exact) mass is 347 g/mol. The van der Waals surface area contributed by atoms with Gasteiger partial charge in [-0.2, -0.15) is 0 Å². The van der Waals surface area contributed by atoms with E-state index in [1.807, 2.05) is 30.3 Å². The van der Waals surface area contributed by atoms with E-state index < -0.39 is 5.82 Å². The molecular formula is C15H11BrFN3O. The molecule has 1 amide bonds. The standard InChI is InChI=1S/C15H11BrFN3O/c16-10-7-18-15-13(14(10)17)11(8-19-15)20-12(21)6-9-4-2-1-3-5-9/h1-5,7-8H,6H2,(H,18,19)(H,20,21). The molecule has 106 valence electrons. The second-order valence-corrected chi connectivity index (χ2v) is 5.41. The van der Waals surface area contributed by atoms with Crippen molar-refractivity contribution in [3.63, 3.8) is 0 Å². The van der Waals surface area contributed by atoms with Crippen LogP contribution < -0.4 is 5.32 Å². The largest absolute Gasteiger partial charge is 0.344 e. The van der Waals surface area contributed by atoms with Gasteiger partial charge >= 0.3 is 0 Å². The van der Waals surface area contributed by atoms with Gasteiger partial charge in [-0.15, -0.1) is 0 Å². The van der Waals surface area contributed by atoms with E-state index in [-0.39, 0.29) is 22.2 Å². The van der Waals surface area contributed by atoms with Crippen LogP contribution in [0.5, 0.6) is 0 Å². The van der Waals surface area contributed by atoms with Crippen molar-refractivity contribution in [2.24, 2.45) is 0 Å². The van der Waals surface area contributed by atoms with Crippen LogP contribution in [-0.2, 0) is 11.2 Å². The zero-order valence-electron chi connectivity index (χ0n) is 10.9. The molecule has 0 fully saturated rings. The average Bonchev–Trinajstić information content (AvgIpc) is 2.87. The molecule has 0 spiro atoms. The number of aromatic amines is 1. The third kappa shape index (κ3) is 2.80. The van der Waals surface area contributed by atoms with Crippen molar-refractivity contribution in [3.05, 3.63) is 58.6 Å². The summed E-state index contributed by atoms with van der Waals surface area (Å²) in [6.07, 6.45) is 3.15. The minimum Gasteiger partial charge on any atom is -0.344 e. The van der Waals surface area contributed by atoms with E-state index in [4.69, 9.17) is 0 Å². The Morgan fingerprint density at radius 2 is 2.10 bits per heavy atom. The van der Waals surface area contributed by atoms with Gasteiger partial charge in [-0.1, -0.05) is 30.3 Å². The van der Waals surface area contributed by atoms with Crippen molar-refractivity contribution >= 4 is 38.6 Å². The minimum atomic E-state index is -0.448. The number of halogens is 2. The first-order valence-corrected chi connectivity index (χ1v) is 7.09. The number of hydrogen-bond donors (Lipinski definition) is 2. The van der Waals surface area contributed by atoms with Crippen LogP contribution in [0.25, 0.3) is 11.0 Å². The number of nitrogens with one attached hydrogen (secondary N) is 2. The highest BCUT2D eigenvalue weighted by Crippen LogP contribution is 2.28. The lowest BCUT2D eigenvalue weighted by Crippen LogP contribution is -2.14. The molecule has 1 aromatic carbocycles. The van der Waals surface area contributed by atoms with Crippen LogP contribution in [0.1, 0.15) is 5.56 Å². The zero-order valence-corrected chi connectivity index (χ0v) is 12.4. The summed E-state index contributed by atoms with van der Waals surface area (Å²) in [5.74, 6) is -0.655. The molecule has 0 saturated carbocycles. The van der Waals surface area contributed by atoms with Crippen LogP contribution in [0, 0.1) is 5.82 Å². The number of benzene rings is 1. The third-order valence-electron chi connectivity index (χ3n) is 3.08. The van der Waals surface area contributed by atoms with Crippen LogP contribution in [-0.4, -0.2) is 15.9 Å². The van der Waals surface area contributed by atoms with Gasteiger partial charge < -0.3 is 10.3 Å². The topological polar surface area (TPSA) is 57.8 Å². The van der Waals surface area contributed by atoms with Crippen molar-refractivity contribution in [2.75, 3.05) is 5.32 Å². The maximum atomic E-state index is 14.1. The fraction of sp³-hybridized carbons (Fsp3) is 0.0667. The molecule has 0 saturated heterocycles. The SMILES string of the molecule is O=C(Cc1ccccc1)Nc1c[nH]c2ncc(Br)c(F)c12. The molecule has 3 rings (SSSR count). The first-order chi connectivity index (χ1) is 10.1. The van der Waals surface area contributed by atoms with Crippen molar-refractivity contribution in [2.45, 2.75) is 6.42 Å². The number of rotatable bonds is 3. The Labute approximate surface area is 128 Å². The van der Waals surface area contributed by atoms with E-state index in [2.05, 4.69) is 31.2 Å². The first kappa shape index (κ1) is 13.8. The number of carbonyl (C=O) groups excluding carboxylic acids is 1. The van der Waals surface area contributed by atoms with Gasteiger partial charge in [0, 0.05) is 12.4 Å². The van der Waals surface area contributed by atoms with Crippen LogP contribution in [0.3, 0.4) is 0 Å². The van der Waals surface area contributed by atoms with Gasteiger partial charge in [0.25, 0.3) is 0 Å². The average molecular weight is 348 g/mol. The summed E-state index contributed by atoms with van der Waals surface area (Å²) in [4.78, 5) is 18.9. The van der Waals surface area contributed by atoms with Gasteiger partial charge in [0.05, 0.1) is 22.0 Å². The Morgan fingerprint density at radius 3 is 2.86 bits per heavy atom. The van der Waals surface area contributed by atoms with E-state index in [1.54, 1.807) is 0 Å². The number of H-pyrrole nitrogens is 1. The number of amides is 1. The second-order valence-electron chi connectivity index (χ2n) is 4.56. The summed E-state index contributed by atoms with van der Waals surface area (Å²) >= 11 is 3.09. The first-order valence-electron chi connectivity index (χ1n) is 6.30. The lowest BCUT2D eigenvalue weighted by atomic mass is 10.1. The van der Waals surface area contributed by atoms with Crippen molar-refractivity contribution in [1.29, 1.82) is 0 Å². The van der Waals surface area contributed by atoms with Gasteiger partial charge in [0.1, 0.15) is 5.65 Å². The number of aromatic nitrogens is 2. The highest BCUT2D eigenvalue weighted by atomic mass is 79.9. The van der Waals surface area contributed by atoms with Crippen LogP contribution >= 0.6 is 15.9 Å². The fourth-order valence-electron chi connectivity index (χ4n) is 2.11. The van der Waals surface area contributed by atoms with Crippen molar-refractivity contribution in [1.82, 2.24) is 9.97 Å². The summed E-state index contributed by atoms with van der Waals surface area (Å²) in [7, 11) is 0. The van der Waals surface area contributed by atoms with E-state index in [0.29, 0.717) is 11.3 Å². The van der Waals surface area contributed by atoms with Gasteiger partial charge in [-0.25, -0.2) is 9.37 Å². The molecule has 0 atom stereocenters. The maximum absolute atomic E-state index is 14.1. The molecule has 4 nitrogen and oxygen atoms in total. The Morgan fingerprint density at radius 1 is 1.33 bits per heavy atom.